The van der Waals surface area contributed by atoms with E-state index in [0.717, 1.165) is 39.1 Å². The Morgan fingerprint density at radius 1 is 1.67 bits per heavy atom. The lowest BCUT2D eigenvalue weighted by atomic mass is 10.1. The highest BCUT2D eigenvalue weighted by Gasteiger charge is 2.20. The fraction of sp³-hybridized carbons (Fsp3) is 0.900. The number of hydrogen-bond donors (Lipinski definition) is 2. The summed E-state index contributed by atoms with van der Waals surface area (Å²) in [6, 6.07) is 0.533. The summed E-state index contributed by atoms with van der Waals surface area (Å²) in [4.78, 5) is 2.42. The summed E-state index contributed by atoms with van der Waals surface area (Å²) in [5, 5.41) is 11.4. The lowest BCUT2D eigenvalue weighted by Gasteiger charge is -2.34. The Morgan fingerprint density at radius 3 is 3.13 bits per heavy atom. The van der Waals surface area contributed by atoms with Crippen molar-refractivity contribution in [3.05, 3.63) is 0 Å². The van der Waals surface area contributed by atoms with Crippen LogP contribution in [0.2, 0.25) is 0 Å². The summed E-state index contributed by atoms with van der Waals surface area (Å²) in [7, 11) is 0. The van der Waals surface area contributed by atoms with Crippen molar-refractivity contribution >= 4 is 5.84 Å². The number of nitrogens with two attached hydrogens (primary N) is 1. The molecule has 15 heavy (non-hydrogen) atoms. The van der Waals surface area contributed by atoms with Gasteiger partial charge in [-0.3, -0.25) is 4.90 Å². The smallest absolute Gasteiger partial charge is 0.139 e. The maximum Gasteiger partial charge on any atom is 0.139 e. The van der Waals surface area contributed by atoms with Crippen molar-refractivity contribution in [1.82, 2.24) is 4.90 Å². The van der Waals surface area contributed by atoms with Gasteiger partial charge in [-0.2, -0.15) is 0 Å². The van der Waals surface area contributed by atoms with E-state index in [4.69, 9.17) is 15.7 Å². The van der Waals surface area contributed by atoms with Crippen molar-refractivity contribution in [1.29, 1.82) is 0 Å². The number of oxime groups is 1. The highest BCUT2D eigenvalue weighted by molar-refractivity contribution is 5.79. The first-order valence-corrected chi connectivity index (χ1v) is 5.56. The second kappa shape index (κ2) is 6.63. The number of hydrogen-bond acceptors (Lipinski definition) is 4. The monoisotopic (exact) mass is 215 g/mol. The van der Waals surface area contributed by atoms with Crippen LogP contribution in [-0.2, 0) is 4.74 Å². The van der Waals surface area contributed by atoms with Gasteiger partial charge in [0.15, 0.2) is 0 Å². The minimum absolute atomic E-state index is 0.316. The Labute approximate surface area is 90.9 Å². The van der Waals surface area contributed by atoms with E-state index in [-0.39, 0.29) is 0 Å². The summed E-state index contributed by atoms with van der Waals surface area (Å²) < 4.78 is 5.42. The van der Waals surface area contributed by atoms with E-state index in [1.54, 1.807) is 0 Å². The van der Waals surface area contributed by atoms with Crippen molar-refractivity contribution in [2.75, 3.05) is 26.3 Å². The first-order valence-electron chi connectivity index (χ1n) is 5.56. The molecule has 1 atom stereocenters. The molecule has 5 nitrogen and oxygen atoms in total. The molecule has 5 heteroatoms. The van der Waals surface area contributed by atoms with Gasteiger partial charge in [0, 0.05) is 19.0 Å². The molecule has 0 aromatic heterocycles. The maximum absolute atomic E-state index is 8.40. The number of ether oxygens (including phenoxy) is 1. The lowest BCUT2D eigenvalue weighted by molar-refractivity contribution is -0.00870. The van der Waals surface area contributed by atoms with Gasteiger partial charge >= 0.3 is 0 Å². The molecule has 1 fully saturated rings. The molecule has 1 unspecified atom stereocenters. The summed E-state index contributed by atoms with van der Waals surface area (Å²) in [5.74, 6) is 0.316. The molecule has 1 heterocycles. The van der Waals surface area contributed by atoms with Gasteiger partial charge in [-0.05, 0) is 19.4 Å². The van der Waals surface area contributed by atoms with E-state index in [1.807, 2.05) is 0 Å². The minimum atomic E-state index is 0.316. The SMILES string of the molecule is CCC1COCCN1CCC/C(N)=N/O. The Morgan fingerprint density at radius 2 is 2.47 bits per heavy atom. The zero-order chi connectivity index (χ0) is 11.1. The lowest BCUT2D eigenvalue weighted by Crippen LogP contribution is -2.45. The Hall–Kier alpha value is -0.810. The topological polar surface area (TPSA) is 71.1 Å². The van der Waals surface area contributed by atoms with Gasteiger partial charge in [0.1, 0.15) is 5.84 Å². The van der Waals surface area contributed by atoms with Gasteiger partial charge < -0.3 is 15.7 Å². The molecule has 0 spiro atoms. The van der Waals surface area contributed by atoms with Crippen LogP contribution in [0.25, 0.3) is 0 Å². The molecule has 1 rings (SSSR count). The number of amidine groups is 1. The molecular weight excluding hydrogens is 194 g/mol. The molecule has 0 amide bonds. The Kier molecular flexibility index (Phi) is 5.42. The van der Waals surface area contributed by atoms with Gasteiger partial charge in [-0.1, -0.05) is 12.1 Å². The normalized spacial score (nSPS) is 24.3. The second-order valence-electron chi connectivity index (χ2n) is 3.87. The average Bonchev–Trinajstić information content (AvgIpc) is 2.29. The summed E-state index contributed by atoms with van der Waals surface area (Å²) in [6.07, 6.45) is 2.71. The van der Waals surface area contributed by atoms with Gasteiger partial charge in [-0.25, -0.2) is 0 Å². The van der Waals surface area contributed by atoms with Crippen molar-refractivity contribution in [3.63, 3.8) is 0 Å². The third-order valence-corrected chi connectivity index (χ3v) is 2.83. The molecule has 3 N–H and O–H groups in total. The molecular formula is C10H21N3O2. The van der Waals surface area contributed by atoms with E-state index < -0.39 is 0 Å². The predicted octanol–water partition coefficient (Wildman–Crippen LogP) is 0.624. The summed E-state index contributed by atoms with van der Waals surface area (Å²) in [6.45, 7) is 5.82. The molecule has 1 aliphatic rings. The van der Waals surface area contributed by atoms with E-state index in [0.29, 0.717) is 18.3 Å². The third kappa shape index (κ3) is 4.05. The van der Waals surface area contributed by atoms with Gasteiger partial charge in [0.25, 0.3) is 0 Å². The van der Waals surface area contributed by atoms with Crippen LogP contribution in [0, 0.1) is 0 Å². The molecule has 88 valence electrons. The van der Waals surface area contributed by atoms with E-state index in [1.165, 1.54) is 0 Å². The molecule has 0 bridgehead atoms. The van der Waals surface area contributed by atoms with Gasteiger partial charge in [0.05, 0.1) is 13.2 Å². The standard InChI is InChI=1S/C10H21N3O2/c1-2-9-8-15-7-6-13(9)5-3-4-10(11)12-14/h9,14H,2-8H2,1H3,(H2,11,12). The number of rotatable bonds is 5. The largest absolute Gasteiger partial charge is 0.409 e. The van der Waals surface area contributed by atoms with Crippen molar-refractivity contribution in [2.24, 2.45) is 10.9 Å². The first kappa shape index (κ1) is 12.3. The van der Waals surface area contributed by atoms with Crippen LogP contribution in [0.4, 0.5) is 0 Å². The highest BCUT2D eigenvalue weighted by Crippen LogP contribution is 2.10. The number of nitrogens with zero attached hydrogens (tertiary/aromatic N) is 2. The molecule has 0 aromatic carbocycles. The zero-order valence-corrected chi connectivity index (χ0v) is 9.35. The van der Waals surface area contributed by atoms with Crippen LogP contribution in [0.3, 0.4) is 0 Å². The highest BCUT2D eigenvalue weighted by atomic mass is 16.5. The molecule has 0 saturated carbocycles. The minimum Gasteiger partial charge on any atom is -0.409 e. The molecule has 1 saturated heterocycles. The van der Waals surface area contributed by atoms with Crippen LogP contribution >= 0.6 is 0 Å². The molecule has 0 radical (unpaired) electrons. The van der Waals surface area contributed by atoms with Crippen LogP contribution in [0.5, 0.6) is 0 Å². The molecule has 0 aromatic rings. The van der Waals surface area contributed by atoms with Crippen molar-refractivity contribution < 1.29 is 9.94 Å². The van der Waals surface area contributed by atoms with Crippen molar-refractivity contribution in [3.8, 4) is 0 Å². The fourth-order valence-corrected chi connectivity index (χ4v) is 1.87. The quantitative estimate of drug-likeness (QED) is 0.305. The summed E-state index contributed by atoms with van der Waals surface area (Å²) in [5.41, 5.74) is 5.41. The second-order valence-corrected chi connectivity index (χ2v) is 3.87. The van der Waals surface area contributed by atoms with Crippen LogP contribution in [0.15, 0.2) is 5.16 Å². The van der Waals surface area contributed by atoms with E-state index in [2.05, 4.69) is 17.0 Å². The molecule has 1 aliphatic heterocycles. The maximum atomic E-state index is 8.40. The Bertz CT molecular complexity index is 209. The van der Waals surface area contributed by atoms with Crippen LogP contribution < -0.4 is 5.73 Å². The fourth-order valence-electron chi connectivity index (χ4n) is 1.87. The van der Waals surface area contributed by atoms with E-state index in [9.17, 15) is 0 Å². The molecule has 0 aliphatic carbocycles. The Balaban J connectivity index is 2.23. The third-order valence-electron chi connectivity index (χ3n) is 2.83. The first-order chi connectivity index (χ1) is 7.27. The predicted molar refractivity (Wildman–Crippen MR) is 59.1 cm³/mol. The van der Waals surface area contributed by atoms with E-state index >= 15 is 0 Å². The van der Waals surface area contributed by atoms with Gasteiger partial charge in [-0.15, -0.1) is 0 Å². The zero-order valence-electron chi connectivity index (χ0n) is 9.35. The van der Waals surface area contributed by atoms with Gasteiger partial charge in [0.2, 0.25) is 0 Å². The number of morpholine rings is 1. The average molecular weight is 215 g/mol. The van der Waals surface area contributed by atoms with Crippen LogP contribution in [-0.4, -0.2) is 48.3 Å². The van der Waals surface area contributed by atoms with Crippen LogP contribution in [0.1, 0.15) is 26.2 Å². The summed E-state index contributed by atoms with van der Waals surface area (Å²) >= 11 is 0. The van der Waals surface area contributed by atoms with Crippen molar-refractivity contribution in [2.45, 2.75) is 32.2 Å².